The Hall–Kier alpha value is -2.99. The lowest BCUT2D eigenvalue weighted by molar-refractivity contribution is -0.147. The largest absolute Gasteiger partial charge is 0.456 e. The van der Waals surface area contributed by atoms with Crippen LogP contribution in [0.4, 0.5) is 0 Å². The molecule has 12 heteroatoms. The minimum atomic E-state index is -0.845. The molecule has 3 N–H and O–H groups in total. The molecule has 0 radical (unpaired) electrons. The molecule has 0 aromatic carbocycles. The molecule has 10 nitrogen and oxygen atoms in total. The fraction of sp³-hybridized carbons (Fsp3) is 0.400. The number of esters is 1. The van der Waals surface area contributed by atoms with Gasteiger partial charge in [-0.2, -0.15) is 0 Å². The zero-order chi connectivity index (χ0) is 23.5. The Morgan fingerprint density at radius 3 is 2.75 bits per heavy atom. The molecule has 2 heterocycles. The topological polar surface area (TPSA) is 144 Å². The number of carbonyl (C=O) groups is 5. The first-order chi connectivity index (χ1) is 15.3. The molecular formula is C20H24N4O6S2. The molecule has 2 bridgehead atoms. The normalized spacial score (nSPS) is 19.9. The molecule has 1 aromatic rings. The van der Waals surface area contributed by atoms with Crippen LogP contribution < -0.4 is 16.0 Å². The van der Waals surface area contributed by atoms with Crippen molar-refractivity contribution in [1.82, 2.24) is 20.9 Å². The summed E-state index contributed by atoms with van der Waals surface area (Å²) in [6, 6.07) is 0. The third kappa shape index (κ3) is 8.63. The van der Waals surface area contributed by atoms with Gasteiger partial charge in [-0.15, -0.1) is 11.3 Å². The molecule has 1 aromatic heterocycles. The van der Waals surface area contributed by atoms with Crippen LogP contribution in [0, 0.1) is 0 Å². The average molecular weight is 481 g/mol. The molecule has 0 saturated heterocycles. The number of allylic oxidation sites excluding steroid dienone is 2. The Bertz CT molecular complexity index is 940. The number of thioether (sulfide) groups is 1. The summed E-state index contributed by atoms with van der Waals surface area (Å²) in [4.78, 5) is 64.3. The number of ether oxygens (including phenoxy) is 1. The van der Waals surface area contributed by atoms with Gasteiger partial charge < -0.3 is 20.7 Å². The summed E-state index contributed by atoms with van der Waals surface area (Å²) in [5.41, 5.74) is 0.0827. The molecule has 0 fully saturated rings. The number of nitrogens with zero attached hydrogens (tertiary/aromatic N) is 1. The van der Waals surface area contributed by atoms with E-state index < -0.39 is 30.4 Å². The van der Waals surface area contributed by atoms with Gasteiger partial charge in [0.1, 0.15) is 29.0 Å². The Morgan fingerprint density at radius 1 is 1.25 bits per heavy atom. The quantitative estimate of drug-likeness (QED) is 0.251. The van der Waals surface area contributed by atoms with E-state index in [9.17, 15) is 24.0 Å². The van der Waals surface area contributed by atoms with Crippen LogP contribution in [0.15, 0.2) is 29.3 Å². The smallest absolute Gasteiger partial charge is 0.326 e. The van der Waals surface area contributed by atoms with E-state index >= 15 is 0 Å². The van der Waals surface area contributed by atoms with Gasteiger partial charge in [-0.25, -0.2) is 4.98 Å². The van der Waals surface area contributed by atoms with Crippen LogP contribution in [0.1, 0.15) is 42.2 Å². The van der Waals surface area contributed by atoms with E-state index in [1.807, 2.05) is 0 Å². The summed E-state index contributed by atoms with van der Waals surface area (Å²) in [6.07, 6.45) is 4.31. The van der Waals surface area contributed by atoms with Crippen molar-refractivity contribution in [3.8, 4) is 0 Å². The van der Waals surface area contributed by atoms with E-state index in [4.69, 9.17) is 4.74 Å². The number of thiazole rings is 1. The highest BCUT2D eigenvalue weighted by molar-refractivity contribution is 8.13. The van der Waals surface area contributed by atoms with Gasteiger partial charge in [-0.05, 0) is 19.4 Å². The van der Waals surface area contributed by atoms with Crippen molar-refractivity contribution >= 4 is 51.9 Å². The van der Waals surface area contributed by atoms with Crippen LogP contribution >= 0.6 is 23.1 Å². The minimum Gasteiger partial charge on any atom is -0.456 e. The van der Waals surface area contributed by atoms with Crippen molar-refractivity contribution in [1.29, 1.82) is 0 Å². The predicted octanol–water partition coefficient (Wildman–Crippen LogP) is 1.05. The van der Waals surface area contributed by atoms with E-state index in [1.165, 1.54) is 41.5 Å². The molecule has 0 aliphatic carbocycles. The number of aromatic nitrogens is 1. The number of amides is 3. The summed E-state index contributed by atoms with van der Waals surface area (Å²) in [7, 11) is 0. The number of fused-ring (bicyclic) bond motifs is 2. The molecule has 0 saturated carbocycles. The van der Waals surface area contributed by atoms with Gasteiger partial charge in [-0.1, -0.05) is 23.9 Å². The third-order valence-electron chi connectivity index (χ3n) is 4.01. The first-order valence-electron chi connectivity index (χ1n) is 9.75. The lowest BCUT2D eigenvalue weighted by atomic mass is 10.2. The molecule has 2 rings (SSSR count). The fourth-order valence-electron chi connectivity index (χ4n) is 2.50. The highest BCUT2D eigenvalue weighted by atomic mass is 32.2. The van der Waals surface area contributed by atoms with E-state index in [2.05, 4.69) is 20.9 Å². The zero-order valence-corrected chi connectivity index (χ0v) is 19.3. The van der Waals surface area contributed by atoms with Crippen molar-refractivity contribution in [3.63, 3.8) is 0 Å². The van der Waals surface area contributed by atoms with Gasteiger partial charge in [0.25, 0.3) is 11.8 Å². The van der Waals surface area contributed by atoms with Crippen LogP contribution in [0.25, 0.3) is 0 Å². The van der Waals surface area contributed by atoms with Crippen molar-refractivity contribution in [2.75, 3.05) is 12.3 Å². The molecule has 1 atom stereocenters. The summed E-state index contributed by atoms with van der Waals surface area (Å²) in [5.74, 6) is -1.79. The molecule has 0 spiro atoms. The van der Waals surface area contributed by atoms with Crippen molar-refractivity contribution in [3.05, 3.63) is 40.0 Å². The van der Waals surface area contributed by atoms with E-state index in [1.54, 1.807) is 19.1 Å². The van der Waals surface area contributed by atoms with Crippen molar-refractivity contribution in [2.24, 2.45) is 0 Å². The highest BCUT2D eigenvalue weighted by Crippen LogP contribution is 2.11. The fourth-order valence-corrected chi connectivity index (χ4v) is 3.75. The summed E-state index contributed by atoms with van der Waals surface area (Å²) in [6.45, 7) is 2.71. The molecule has 32 heavy (non-hydrogen) atoms. The standard InChI is InChI=1S/C20H24N4O6S2/c1-3-14-19(28)22-10-18(27)30-13(6-4-5-7-31-12(2)25)8-16(26)21-9-17-23-15(11-32-17)20(29)24-14/h3-4,6,11,13H,5,7-10H2,1-2H3,(H,21,26)(H,22,28)(H,24,29)/b6-4+,14-3-. The zero-order valence-electron chi connectivity index (χ0n) is 17.6. The lowest BCUT2D eigenvalue weighted by Crippen LogP contribution is -2.39. The Balaban J connectivity index is 2.14. The second-order valence-electron chi connectivity index (χ2n) is 6.53. The van der Waals surface area contributed by atoms with Crippen molar-refractivity contribution in [2.45, 2.75) is 39.3 Å². The van der Waals surface area contributed by atoms with Crippen LogP contribution in [0.5, 0.6) is 0 Å². The first kappa shape index (κ1) is 25.3. The number of carbonyl (C=O) groups excluding carboxylic acids is 5. The van der Waals surface area contributed by atoms with Crippen molar-refractivity contribution < 1.29 is 28.7 Å². The maximum atomic E-state index is 12.3. The third-order valence-corrected chi connectivity index (χ3v) is 5.70. The second-order valence-corrected chi connectivity index (χ2v) is 8.75. The second kappa shape index (κ2) is 12.8. The maximum absolute atomic E-state index is 12.3. The Morgan fingerprint density at radius 2 is 2.03 bits per heavy atom. The molecule has 3 amide bonds. The van der Waals surface area contributed by atoms with E-state index in [0.29, 0.717) is 17.2 Å². The monoisotopic (exact) mass is 480 g/mol. The number of hydrogen-bond donors (Lipinski definition) is 3. The maximum Gasteiger partial charge on any atom is 0.326 e. The summed E-state index contributed by atoms with van der Waals surface area (Å²) < 4.78 is 5.32. The minimum absolute atomic E-state index is 0.00619. The average Bonchev–Trinajstić information content (AvgIpc) is 3.22. The first-order valence-corrected chi connectivity index (χ1v) is 11.6. The van der Waals surface area contributed by atoms with E-state index in [-0.39, 0.29) is 35.4 Å². The molecule has 1 unspecified atom stereocenters. The van der Waals surface area contributed by atoms with Crippen LogP contribution in [0.2, 0.25) is 0 Å². The van der Waals surface area contributed by atoms with Gasteiger partial charge in [0.15, 0.2) is 5.12 Å². The predicted molar refractivity (Wildman–Crippen MR) is 120 cm³/mol. The number of hydrogen-bond acceptors (Lipinski definition) is 9. The molecular weight excluding hydrogens is 456 g/mol. The van der Waals surface area contributed by atoms with Gasteiger partial charge in [0.2, 0.25) is 5.91 Å². The summed E-state index contributed by atoms with van der Waals surface area (Å²) >= 11 is 2.37. The van der Waals surface area contributed by atoms with Crippen LogP contribution in [-0.4, -0.2) is 52.2 Å². The SMILES string of the molecule is C/C=C1\NC(=O)c2csc(n2)CNC(=O)CC(/C=C/CCSC(C)=O)OC(=O)CNC1=O. The number of rotatable bonds is 4. The Labute approximate surface area is 193 Å². The number of nitrogens with one attached hydrogen (secondary N) is 3. The van der Waals surface area contributed by atoms with Crippen LogP contribution in [0.3, 0.4) is 0 Å². The van der Waals surface area contributed by atoms with E-state index in [0.717, 1.165) is 0 Å². The van der Waals surface area contributed by atoms with Gasteiger partial charge in [-0.3, -0.25) is 24.0 Å². The molecule has 172 valence electrons. The summed E-state index contributed by atoms with van der Waals surface area (Å²) in [5, 5.41) is 9.55. The number of cyclic esters (lactones) is 1. The lowest BCUT2D eigenvalue weighted by Gasteiger charge is -2.15. The molecule has 1 aliphatic rings. The van der Waals surface area contributed by atoms with Gasteiger partial charge in [0.05, 0.1) is 13.0 Å². The van der Waals surface area contributed by atoms with Gasteiger partial charge >= 0.3 is 5.97 Å². The molecule has 1 aliphatic heterocycles. The van der Waals surface area contributed by atoms with Gasteiger partial charge in [0, 0.05) is 18.1 Å². The van der Waals surface area contributed by atoms with Crippen LogP contribution in [-0.2, 0) is 30.5 Å². The highest BCUT2D eigenvalue weighted by Gasteiger charge is 2.20. The Kier molecular flexibility index (Phi) is 10.1.